The number of nitrogens with zero attached hydrogens (tertiary/aromatic N) is 3. The molecule has 2 aromatic rings. The number of aliphatic hydroxyl groups is 1. The van der Waals surface area contributed by atoms with Crippen molar-refractivity contribution in [1.82, 2.24) is 30.7 Å². The molecule has 4 rings (SSSR count). The van der Waals surface area contributed by atoms with Crippen LogP contribution in [0.15, 0.2) is 29.8 Å². The van der Waals surface area contributed by atoms with Gasteiger partial charge in [0.05, 0.1) is 42.0 Å². The summed E-state index contributed by atoms with van der Waals surface area (Å²) in [7, 11) is 0. The molecular formula is C32H50Cl2N6O6S. The first kappa shape index (κ1) is 40.8. The van der Waals surface area contributed by atoms with Gasteiger partial charge in [-0.05, 0) is 23.5 Å². The van der Waals surface area contributed by atoms with E-state index in [1.54, 1.807) is 11.3 Å². The zero-order valence-electron chi connectivity index (χ0n) is 27.7. The minimum Gasteiger partial charge on any atom is -0.391 e. The summed E-state index contributed by atoms with van der Waals surface area (Å²) >= 11 is 1.58. The molecule has 2 fully saturated rings. The lowest BCUT2D eigenvalue weighted by Gasteiger charge is -2.35. The molecule has 47 heavy (non-hydrogen) atoms. The summed E-state index contributed by atoms with van der Waals surface area (Å²) in [4.78, 5) is 48.9. The Labute approximate surface area is 294 Å². The molecule has 1 aromatic heterocycles. The second kappa shape index (κ2) is 19.6. The number of aryl methyl sites for hydroxylation is 1. The minimum absolute atomic E-state index is 0. The first-order chi connectivity index (χ1) is 21.5. The van der Waals surface area contributed by atoms with Gasteiger partial charge in [-0.2, -0.15) is 0 Å². The summed E-state index contributed by atoms with van der Waals surface area (Å²) in [5, 5.41) is 19.5. The van der Waals surface area contributed by atoms with Gasteiger partial charge in [-0.15, -0.1) is 36.2 Å². The number of amides is 3. The lowest BCUT2D eigenvalue weighted by Crippen LogP contribution is -2.58. The van der Waals surface area contributed by atoms with Crippen LogP contribution in [0.2, 0.25) is 0 Å². The molecule has 2 aliphatic heterocycles. The lowest BCUT2D eigenvalue weighted by atomic mass is 9.85. The van der Waals surface area contributed by atoms with Gasteiger partial charge in [0.1, 0.15) is 18.7 Å². The maximum Gasteiger partial charge on any atom is 0.246 e. The number of halogens is 2. The molecule has 12 nitrogen and oxygen atoms in total. The molecule has 3 heterocycles. The number of likely N-dealkylation sites (tertiary alicyclic amines) is 1. The van der Waals surface area contributed by atoms with Gasteiger partial charge in [-0.25, -0.2) is 4.98 Å². The number of aliphatic hydroxyl groups excluding tert-OH is 1. The molecule has 3 amide bonds. The highest BCUT2D eigenvalue weighted by Gasteiger charge is 2.44. The van der Waals surface area contributed by atoms with E-state index in [1.165, 1.54) is 4.90 Å². The van der Waals surface area contributed by atoms with Gasteiger partial charge in [0, 0.05) is 52.2 Å². The molecule has 0 bridgehead atoms. The Morgan fingerprint density at radius 1 is 1.09 bits per heavy atom. The normalized spacial score (nSPS) is 19.0. The predicted molar refractivity (Wildman–Crippen MR) is 187 cm³/mol. The Hall–Kier alpha value is -2.36. The molecule has 15 heteroatoms. The first-order valence-electron chi connectivity index (χ1n) is 15.7. The number of piperazine rings is 1. The number of rotatable bonds is 14. The Morgan fingerprint density at radius 3 is 2.40 bits per heavy atom. The number of carbonyl (C=O) groups is 3. The van der Waals surface area contributed by atoms with Crippen molar-refractivity contribution in [2.24, 2.45) is 5.41 Å². The smallest absolute Gasteiger partial charge is 0.246 e. The Balaban J connectivity index is 0.00000384. The van der Waals surface area contributed by atoms with E-state index in [2.05, 4.69) is 25.8 Å². The molecular weight excluding hydrogens is 667 g/mol. The average molecular weight is 718 g/mol. The van der Waals surface area contributed by atoms with Crippen molar-refractivity contribution in [3.05, 3.63) is 41.0 Å². The number of hydrogen-bond donors (Lipinski definition) is 4. The molecule has 4 N–H and O–H groups in total. The number of β-amino-alcohol motifs (C(OH)–C–C–N with tert-alkyl or cyclic N) is 1. The van der Waals surface area contributed by atoms with Crippen LogP contribution in [0.1, 0.15) is 38.4 Å². The highest BCUT2D eigenvalue weighted by atomic mass is 35.5. The lowest BCUT2D eigenvalue weighted by molar-refractivity contribution is -0.144. The van der Waals surface area contributed by atoms with Crippen LogP contribution in [0.3, 0.4) is 0 Å². The van der Waals surface area contributed by atoms with Gasteiger partial charge in [0.15, 0.2) is 0 Å². The molecule has 2 saturated heterocycles. The third kappa shape index (κ3) is 12.2. The minimum atomic E-state index is -0.910. The SMILES string of the molecule is Cc1ncsc1-c1ccc(CNC(=O)[C@@H]2C[C@@H](O)CN2C(=O)[C@@H](NC(=O)COCCOCCN2CCNCC2)C(C)(C)C)cc1.Cl.Cl. The fourth-order valence-corrected chi connectivity index (χ4v) is 6.31. The molecule has 264 valence electrons. The maximum atomic E-state index is 13.8. The average Bonchev–Trinajstić information content (AvgIpc) is 3.63. The fraction of sp³-hybridized carbons (Fsp3) is 0.625. The maximum absolute atomic E-state index is 13.8. The van der Waals surface area contributed by atoms with Crippen LogP contribution in [0.4, 0.5) is 0 Å². The van der Waals surface area contributed by atoms with E-state index in [1.807, 2.05) is 57.5 Å². The predicted octanol–water partition coefficient (Wildman–Crippen LogP) is 2.01. The number of hydrogen-bond acceptors (Lipinski definition) is 10. The Kier molecular flexibility index (Phi) is 17.0. The van der Waals surface area contributed by atoms with Crippen molar-refractivity contribution in [3.63, 3.8) is 0 Å². The van der Waals surface area contributed by atoms with Crippen molar-refractivity contribution in [2.75, 3.05) is 65.7 Å². The summed E-state index contributed by atoms with van der Waals surface area (Å²) in [6.45, 7) is 13.7. The third-order valence-electron chi connectivity index (χ3n) is 8.08. The standard InChI is InChI=1S/C32H48N6O6S.2ClH/c1-22-28(45-21-35-22)24-7-5-23(6-8-24)18-34-30(41)26-17-25(39)19-38(26)31(42)29(32(2,3)4)36-27(40)20-44-16-15-43-14-13-37-11-9-33-10-12-37;;/h5-8,21,25-26,29,33,39H,9-20H2,1-4H3,(H,34,41)(H,36,40);2*1H/t25-,26+,29-;;/m1../s1. The summed E-state index contributed by atoms with van der Waals surface area (Å²) in [5.41, 5.74) is 4.13. The van der Waals surface area contributed by atoms with Crippen LogP contribution < -0.4 is 16.0 Å². The Morgan fingerprint density at radius 2 is 1.77 bits per heavy atom. The van der Waals surface area contributed by atoms with Crippen LogP contribution in [-0.4, -0.2) is 121 Å². The van der Waals surface area contributed by atoms with E-state index in [4.69, 9.17) is 9.47 Å². The summed E-state index contributed by atoms with van der Waals surface area (Å²) in [6.07, 6.45) is -0.707. The second-order valence-electron chi connectivity index (χ2n) is 12.7. The van der Waals surface area contributed by atoms with E-state index in [-0.39, 0.29) is 63.4 Å². The topological polar surface area (TPSA) is 145 Å². The molecule has 0 saturated carbocycles. The second-order valence-corrected chi connectivity index (χ2v) is 13.6. The highest BCUT2D eigenvalue weighted by Crippen LogP contribution is 2.28. The zero-order chi connectivity index (χ0) is 32.4. The fourth-order valence-electron chi connectivity index (χ4n) is 5.50. The number of ether oxygens (including phenoxy) is 2. The van der Waals surface area contributed by atoms with Crippen LogP contribution in [0.5, 0.6) is 0 Å². The third-order valence-corrected chi connectivity index (χ3v) is 9.06. The number of carbonyl (C=O) groups excluding carboxylic acids is 3. The van der Waals surface area contributed by atoms with E-state index in [9.17, 15) is 19.5 Å². The van der Waals surface area contributed by atoms with E-state index < -0.39 is 35.4 Å². The van der Waals surface area contributed by atoms with E-state index in [0.717, 1.165) is 54.4 Å². The van der Waals surface area contributed by atoms with Gasteiger partial charge in [-0.3, -0.25) is 19.3 Å². The van der Waals surface area contributed by atoms with Crippen LogP contribution in [0, 0.1) is 12.3 Å². The van der Waals surface area contributed by atoms with Gasteiger partial charge in [-0.1, -0.05) is 45.0 Å². The van der Waals surface area contributed by atoms with E-state index >= 15 is 0 Å². The van der Waals surface area contributed by atoms with Gasteiger partial charge < -0.3 is 35.4 Å². The Bertz CT molecular complexity index is 1270. The molecule has 0 spiro atoms. The zero-order valence-corrected chi connectivity index (χ0v) is 30.1. The number of thiazole rings is 1. The van der Waals surface area contributed by atoms with Crippen LogP contribution in [-0.2, 0) is 30.4 Å². The van der Waals surface area contributed by atoms with Crippen LogP contribution >= 0.6 is 36.2 Å². The molecule has 1 aromatic carbocycles. The first-order valence-corrected chi connectivity index (χ1v) is 16.5. The quantitative estimate of drug-likeness (QED) is 0.216. The number of aromatic nitrogens is 1. The number of nitrogens with one attached hydrogen (secondary N) is 3. The monoisotopic (exact) mass is 716 g/mol. The van der Waals surface area contributed by atoms with Crippen molar-refractivity contribution in [1.29, 1.82) is 0 Å². The summed E-state index contributed by atoms with van der Waals surface area (Å²) in [5.74, 6) is -1.18. The van der Waals surface area contributed by atoms with Crippen molar-refractivity contribution in [2.45, 2.75) is 58.8 Å². The number of benzene rings is 1. The molecule has 0 aliphatic carbocycles. The molecule has 2 aliphatic rings. The van der Waals surface area contributed by atoms with Gasteiger partial charge in [0.2, 0.25) is 17.7 Å². The van der Waals surface area contributed by atoms with Crippen molar-refractivity contribution in [3.8, 4) is 10.4 Å². The summed E-state index contributed by atoms with van der Waals surface area (Å²) < 4.78 is 11.1. The largest absolute Gasteiger partial charge is 0.391 e. The molecule has 3 atom stereocenters. The van der Waals surface area contributed by atoms with Crippen molar-refractivity contribution >= 4 is 53.9 Å². The molecule has 0 unspecified atom stereocenters. The van der Waals surface area contributed by atoms with Gasteiger partial charge in [0.25, 0.3) is 0 Å². The van der Waals surface area contributed by atoms with Crippen LogP contribution in [0.25, 0.3) is 10.4 Å². The van der Waals surface area contributed by atoms with Gasteiger partial charge >= 0.3 is 0 Å². The highest BCUT2D eigenvalue weighted by molar-refractivity contribution is 7.13. The summed E-state index contributed by atoms with van der Waals surface area (Å²) in [6, 6.07) is 6.15. The molecule has 0 radical (unpaired) electrons. The van der Waals surface area contributed by atoms with Crippen molar-refractivity contribution < 1.29 is 29.0 Å². The van der Waals surface area contributed by atoms with E-state index in [0.29, 0.717) is 13.2 Å².